The van der Waals surface area contributed by atoms with E-state index >= 15 is 0 Å². The number of hydrogen-bond acceptors (Lipinski definition) is 2. The number of carbonyl (C=O) groups is 2. The lowest BCUT2D eigenvalue weighted by Gasteiger charge is -2.19. The molecule has 1 aromatic carbocycles. The zero-order valence-electron chi connectivity index (χ0n) is 12.0. The van der Waals surface area contributed by atoms with Gasteiger partial charge in [-0.25, -0.2) is 0 Å². The van der Waals surface area contributed by atoms with Crippen LogP contribution in [0.15, 0.2) is 28.7 Å². The number of likely N-dealkylation sites (N-methyl/N-ethyl adjacent to an activating group) is 2. The first-order valence-electron chi connectivity index (χ1n) is 6.60. The van der Waals surface area contributed by atoms with Crippen molar-refractivity contribution in [3.8, 4) is 0 Å². The maximum absolute atomic E-state index is 12.3. The smallest absolute Gasteiger partial charge is 0.241 e. The summed E-state index contributed by atoms with van der Waals surface area (Å²) in [4.78, 5) is 26.9. The van der Waals surface area contributed by atoms with Gasteiger partial charge in [-0.05, 0) is 30.0 Å². The number of benzene rings is 1. The second-order valence-electron chi connectivity index (χ2n) is 5.48. The van der Waals surface area contributed by atoms with Crippen LogP contribution in [0.4, 0.5) is 0 Å². The van der Waals surface area contributed by atoms with Crippen LogP contribution in [0.25, 0.3) is 0 Å². The molecular weight excluding hydrogens is 320 g/mol. The average molecular weight is 339 g/mol. The molecule has 0 unspecified atom stereocenters. The topological polar surface area (TPSA) is 40.6 Å². The minimum absolute atomic E-state index is 0.0242. The Balaban J connectivity index is 1.92. The Labute approximate surface area is 127 Å². The van der Waals surface area contributed by atoms with Gasteiger partial charge in [-0.15, -0.1) is 0 Å². The monoisotopic (exact) mass is 338 g/mol. The van der Waals surface area contributed by atoms with E-state index in [2.05, 4.69) is 15.9 Å². The zero-order chi connectivity index (χ0) is 14.9. The van der Waals surface area contributed by atoms with Crippen molar-refractivity contribution >= 4 is 27.7 Å². The normalized spacial score (nSPS) is 20.4. The minimum Gasteiger partial charge on any atom is -0.347 e. The van der Waals surface area contributed by atoms with E-state index in [-0.39, 0.29) is 24.3 Å². The molecule has 0 spiro atoms. The van der Waals surface area contributed by atoms with Crippen LogP contribution >= 0.6 is 15.9 Å². The van der Waals surface area contributed by atoms with E-state index in [0.29, 0.717) is 5.92 Å². The fourth-order valence-electron chi connectivity index (χ4n) is 2.25. The number of carbonyl (C=O) groups excluding carboxylic acids is 2. The highest BCUT2D eigenvalue weighted by Gasteiger charge is 2.45. The van der Waals surface area contributed by atoms with Crippen molar-refractivity contribution in [1.29, 1.82) is 0 Å². The molecular formula is C15H19BrN2O2. The third-order valence-corrected chi connectivity index (χ3v) is 4.18. The van der Waals surface area contributed by atoms with Crippen molar-refractivity contribution in [1.82, 2.24) is 9.80 Å². The van der Waals surface area contributed by atoms with Crippen LogP contribution in [-0.4, -0.2) is 49.3 Å². The van der Waals surface area contributed by atoms with Gasteiger partial charge in [0.05, 0.1) is 6.54 Å². The first-order valence-corrected chi connectivity index (χ1v) is 7.40. The lowest BCUT2D eigenvalue weighted by atomic mass is 10.1. The lowest BCUT2D eigenvalue weighted by Crippen LogP contribution is -2.38. The van der Waals surface area contributed by atoms with Gasteiger partial charge in [-0.3, -0.25) is 9.59 Å². The van der Waals surface area contributed by atoms with Crippen molar-refractivity contribution in [3.63, 3.8) is 0 Å². The van der Waals surface area contributed by atoms with Crippen molar-refractivity contribution in [2.45, 2.75) is 12.3 Å². The molecule has 1 aliphatic rings. The highest BCUT2D eigenvalue weighted by molar-refractivity contribution is 9.10. The summed E-state index contributed by atoms with van der Waals surface area (Å²) in [6.07, 6.45) is 0.876. The second-order valence-corrected chi connectivity index (χ2v) is 6.40. The third kappa shape index (κ3) is 3.39. The van der Waals surface area contributed by atoms with Gasteiger partial charge in [-0.1, -0.05) is 28.1 Å². The molecule has 0 bridgehead atoms. The van der Waals surface area contributed by atoms with E-state index in [1.54, 1.807) is 21.1 Å². The number of hydrogen-bond donors (Lipinski definition) is 0. The van der Waals surface area contributed by atoms with Crippen molar-refractivity contribution < 1.29 is 9.59 Å². The van der Waals surface area contributed by atoms with Crippen LogP contribution in [0.3, 0.4) is 0 Å². The number of nitrogens with zero attached hydrogens (tertiary/aromatic N) is 2. The number of amides is 2. The number of rotatable bonds is 4. The summed E-state index contributed by atoms with van der Waals surface area (Å²) in [6, 6.07) is 8.09. The molecule has 0 heterocycles. The molecule has 1 fully saturated rings. The average Bonchev–Trinajstić information content (AvgIpc) is 3.18. The van der Waals surface area contributed by atoms with Gasteiger partial charge >= 0.3 is 0 Å². The van der Waals surface area contributed by atoms with Gasteiger partial charge < -0.3 is 9.80 Å². The Morgan fingerprint density at radius 2 is 1.80 bits per heavy atom. The first-order chi connectivity index (χ1) is 9.40. The predicted octanol–water partition coefficient (Wildman–Crippen LogP) is 2.10. The molecule has 108 valence electrons. The van der Waals surface area contributed by atoms with E-state index in [1.807, 2.05) is 24.3 Å². The minimum atomic E-state index is -0.0540. The highest BCUT2D eigenvalue weighted by Crippen LogP contribution is 2.48. The largest absolute Gasteiger partial charge is 0.347 e. The summed E-state index contributed by atoms with van der Waals surface area (Å²) in [6.45, 7) is 0.148. The van der Waals surface area contributed by atoms with Crippen LogP contribution in [0.1, 0.15) is 17.9 Å². The molecule has 2 amide bonds. The Morgan fingerprint density at radius 3 is 2.35 bits per heavy atom. The molecule has 4 nitrogen and oxygen atoms in total. The summed E-state index contributed by atoms with van der Waals surface area (Å²) in [5, 5.41) is 0. The SMILES string of the molecule is CN(C)C(=O)CN(C)C(=O)[C@H]1C[C@H]1c1ccc(Br)cc1. The molecule has 0 radical (unpaired) electrons. The van der Waals surface area contributed by atoms with Crippen LogP contribution < -0.4 is 0 Å². The Bertz CT molecular complexity index is 513. The van der Waals surface area contributed by atoms with Crippen molar-refractivity contribution in [2.24, 2.45) is 5.92 Å². The Hall–Kier alpha value is -1.36. The molecule has 5 heteroatoms. The van der Waals surface area contributed by atoms with Crippen molar-refractivity contribution in [3.05, 3.63) is 34.3 Å². The van der Waals surface area contributed by atoms with Gasteiger partial charge in [0.25, 0.3) is 0 Å². The Kier molecular flexibility index (Phi) is 4.48. The zero-order valence-corrected chi connectivity index (χ0v) is 13.6. The molecule has 1 saturated carbocycles. The van der Waals surface area contributed by atoms with Gasteiger partial charge in [0.1, 0.15) is 0 Å². The summed E-state index contributed by atoms with van der Waals surface area (Å²) in [5.41, 5.74) is 1.19. The lowest BCUT2D eigenvalue weighted by molar-refractivity contribution is -0.138. The molecule has 2 rings (SSSR count). The first kappa shape index (κ1) is 15.0. The third-order valence-electron chi connectivity index (χ3n) is 3.65. The Morgan fingerprint density at radius 1 is 1.20 bits per heavy atom. The molecule has 0 N–H and O–H groups in total. The van der Waals surface area contributed by atoms with Crippen LogP contribution in [-0.2, 0) is 9.59 Å². The van der Waals surface area contributed by atoms with E-state index in [4.69, 9.17) is 0 Å². The molecule has 0 aromatic heterocycles. The standard InChI is InChI=1S/C15H19BrN2O2/c1-17(2)14(19)9-18(3)15(20)13-8-12(13)10-4-6-11(16)7-5-10/h4-7,12-13H,8-9H2,1-3H3/t12-,13-/m0/s1. The fraction of sp³-hybridized carbons (Fsp3) is 0.467. The number of halogens is 1. The summed E-state index contributed by atoms with van der Waals surface area (Å²) < 4.78 is 1.04. The fourth-order valence-corrected chi connectivity index (χ4v) is 2.52. The van der Waals surface area contributed by atoms with E-state index < -0.39 is 0 Å². The molecule has 1 aromatic rings. The highest BCUT2D eigenvalue weighted by atomic mass is 79.9. The molecule has 20 heavy (non-hydrogen) atoms. The molecule has 0 saturated heterocycles. The quantitative estimate of drug-likeness (QED) is 0.843. The summed E-state index contributed by atoms with van der Waals surface area (Å²) in [5.74, 6) is 0.332. The molecule has 1 aliphatic carbocycles. The predicted molar refractivity (Wildman–Crippen MR) is 81.3 cm³/mol. The summed E-state index contributed by atoms with van der Waals surface area (Å²) in [7, 11) is 5.09. The molecule has 0 aliphatic heterocycles. The van der Waals surface area contributed by atoms with Crippen molar-refractivity contribution in [2.75, 3.05) is 27.7 Å². The van der Waals surface area contributed by atoms with Gasteiger partial charge in [0.2, 0.25) is 11.8 Å². The summed E-state index contributed by atoms with van der Waals surface area (Å²) >= 11 is 3.41. The van der Waals surface area contributed by atoms with Gasteiger partial charge in [-0.2, -0.15) is 0 Å². The van der Waals surface area contributed by atoms with E-state index in [1.165, 1.54) is 15.4 Å². The van der Waals surface area contributed by atoms with E-state index in [9.17, 15) is 9.59 Å². The van der Waals surface area contributed by atoms with Crippen LogP contribution in [0.2, 0.25) is 0 Å². The maximum Gasteiger partial charge on any atom is 0.241 e. The van der Waals surface area contributed by atoms with Crippen LogP contribution in [0.5, 0.6) is 0 Å². The van der Waals surface area contributed by atoms with E-state index in [0.717, 1.165) is 10.9 Å². The van der Waals surface area contributed by atoms with Gasteiger partial charge in [0.15, 0.2) is 0 Å². The van der Waals surface area contributed by atoms with Gasteiger partial charge in [0, 0.05) is 31.5 Å². The molecule has 2 atom stereocenters. The van der Waals surface area contributed by atoms with Crippen LogP contribution in [0, 0.1) is 5.92 Å². The maximum atomic E-state index is 12.3. The second kappa shape index (κ2) is 5.95.